The molecule has 0 radical (unpaired) electrons. The number of hydrogen-bond acceptors (Lipinski definition) is 1. The fourth-order valence-electron chi connectivity index (χ4n) is 1.44. The summed E-state index contributed by atoms with van der Waals surface area (Å²) < 4.78 is 0. The number of aryl methyl sites for hydroxylation is 2. The average Bonchev–Trinajstić information content (AvgIpc) is 2.64. The standard InChI is InChI=1S/C11H11ClN2O/c12-9-4-1-8(2-5-9)3-6-10-7-13-11(15)14-10/h1-2,4-5,7H,3,6H2,(H2,13,14,15). The van der Waals surface area contributed by atoms with Crippen molar-refractivity contribution in [1.82, 2.24) is 9.97 Å². The van der Waals surface area contributed by atoms with Gasteiger partial charge in [-0.1, -0.05) is 23.7 Å². The Morgan fingerprint density at radius 2 is 1.87 bits per heavy atom. The Morgan fingerprint density at radius 3 is 2.47 bits per heavy atom. The van der Waals surface area contributed by atoms with Gasteiger partial charge in [-0.3, -0.25) is 0 Å². The van der Waals surface area contributed by atoms with Gasteiger partial charge in [0.25, 0.3) is 0 Å². The van der Waals surface area contributed by atoms with E-state index < -0.39 is 0 Å². The van der Waals surface area contributed by atoms with Crippen LogP contribution in [-0.4, -0.2) is 9.97 Å². The highest BCUT2D eigenvalue weighted by Crippen LogP contribution is 2.10. The molecule has 0 aliphatic carbocycles. The fourth-order valence-corrected chi connectivity index (χ4v) is 1.56. The van der Waals surface area contributed by atoms with E-state index in [1.165, 1.54) is 5.56 Å². The van der Waals surface area contributed by atoms with E-state index in [0.717, 1.165) is 23.6 Å². The first kappa shape index (κ1) is 10.1. The Kier molecular flexibility index (Phi) is 2.92. The zero-order valence-corrected chi connectivity index (χ0v) is 8.84. The summed E-state index contributed by atoms with van der Waals surface area (Å²) >= 11 is 5.78. The molecule has 0 atom stereocenters. The zero-order chi connectivity index (χ0) is 10.7. The van der Waals surface area contributed by atoms with Crippen LogP contribution < -0.4 is 5.69 Å². The van der Waals surface area contributed by atoms with E-state index in [9.17, 15) is 4.79 Å². The molecule has 78 valence electrons. The molecule has 0 saturated carbocycles. The van der Waals surface area contributed by atoms with Crippen molar-refractivity contribution in [2.75, 3.05) is 0 Å². The Morgan fingerprint density at radius 1 is 1.13 bits per heavy atom. The monoisotopic (exact) mass is 222 g/mol. The lowest BCUT2D eigenvalue weighted by atomic mass is 10.1. The third-order valence-electron chi connectivity index (χ3n) is 2.25. The largest absolute Gasteiger partial charge is 0.323 e. The Balaban J connectivity index is 1.99. The van der Waals surface area contributed by atoms with Gasteiger partial charge in [-0.15, -0.1) is 0 Å². The van der Waals surface area contributed by atoms with Crippen LogP contribution in [0.1, 0.15) is 11.3 Å². The highest BCUT2D eigenvalue weighted by atomic mass is 35.5. The van der Waals surface area contributed by atoms with Gasteiger partial charge in [-0.2, -0.15) is 0 Å². The number of H-pyrrole nitrogens is 2. The van der Waals surface area contributed by atoms with Gasteiger partial charge < -0.3 is 9.97 Å². The molecule has 0 unspecified atom stereocenters. The third kappa shape index (κ3) is 2.73. The number of nitrogens with one attached hydrogen (secondary N) is 2. The maximum absolute atomic E-state index is 10.8. The van der Waals surface area contributed by atoms with Crippen LogP contribution in [-0.2, 0) is 12.8 Å². The topological polar surface area (TPSA) is 48.6 Å². The molecule has 2 N–H and O–H groups in total. The van der Waals surface area contributed by atoms with Gasteiger partial charge in [0, 0.05) is 16.9 Å². The van der Waals surface area contributed by atoms with Gasteiger partial charge in [0.15, 0.2) is 0 Å². The molecular weight excluding hydrogens is 212 g/mol. The summed E-state index contributed by atoms with van der Waals surface area (Å²) in [6.45, 7) is 0. The van der Waals surface area contributed by atoms with Crippen LogP contribution in [0.5, 0.6) is 0 Å². The number of hydrogen-bond donors (Lipinski definition) is 2. The van der Waals surface area contributed by atoms with E-state index in [1.807, 2.05) is 24.3 Å². The molecule has 2 rings (SSSR count). The molecule has 0 saturated heterocycles. The van der Waals surface area contributed by atoms with Gasteiger partial charge in [0.05, 0.1) is 0 Å². The van der Waals surface area contributed by atoms with Gasteiger partial charge >= 0.3 is 5.69 Å². The molecule has 0 fully saturated rings. The van der Waals surface area contributed by atoms with Crippen LogP contribution in [0.25, 0.3) is 0 Å². The molecule has 0 aliphatic heterocycles. The second-order valence-electron chi connectivity index (χ2n) is 3.39. The summed E-state index contributed by atoms with van der Waals surface area (Å²) in [7, 11) is 0. The molecular formula is C11H11ClN2O. The number of aromatic nitrogens is 2. The minimum Gasteiger partial charge on any atom is -0.313 e. The first-order valence-corrected chi connectivity index (χ1v) is 5.13. The summed E-state index contributed by atoms with van der Waals surface area (Å²) in [5.74, 6) is 0. The first-order valence-electron chi connectivity index (χ1n) is 4.75. The van der Waals surface area contributed by atoms with Crippen LogP contribution in [0, 0.1) is 0 Å². The van der Waals surface area contributed by atoms with E-state index in [2.05, 4.69) is 9.97 Å². The predicted molar refractivity (Wildman–Crippen MR) is 60.3 cm³/mol. The normalized spacial score (nSPS) is 10.5. The Bertz CT molecular complexity index is 484. The summed E-state index contributed by atoms with van der Waals surface area (Å²) in [6, 6.07) is 7.73. The molecule has 4 heteroatoms. The number of halogens is 1. The van der Waals surface area contributed by atoms with Crippen molar-refractivity contribution < 1.29 is 0 Å². The number of aromatic amines is 2. The second kappa shape index (κ2) is 4.36. The molecule has 1 heterocycles. The van der Waals surface area contributed by atoms with E-state index in [4.69, 9.17) is 11.6 Å². The quantitative estimate of drug-likeness (QED) is 0.822. The molecule has 0 aliphatic rings. The first-order chi connectivity index (χ1) is 7.24. The highest BCUT2D eigenvalue weighted by Gasteiger charge is 1.97. The van der Waals surface area contributed by atoms with Crippen molar-refractivity contribution in [2.24, 2.45) is 0 Å². The van der Waals surface area contributed by atoms with Gasteiger partial charge in [0.2, 0.25) is 0 Å². The Labute approximate surface area is 92.1 Å². The molecule has 15 heavy (non-hydrogen) atoms. The molecule has 0 bridgehead atoms. The number of benzene rings is 1. The highest BCUT2D eigenvalue weighted by molar-refractivity contribution is 6.30. The molecule has 1 aromatic carbocycles. The molecule has 0 amide bonds. The lowest BCUT2D eigenvalue weighted by molar-refractivity contribution is 0.920. The van der Waals surface area contributed by atoms with Crippen molar-refractivity contribution in [2.45, 2.75) is 12.8 Å². The number of imidazole rings is 1. The van der Waals surface area contributed by atoms with E-state index in [-0.39, 0.29) is 5.69 Å². The van der Waals surface area contributed by atoms with E-state index >= 15 is 0 Å². The van der Waals surface area contributed by atoms with Crippen LogP contribution in [0.4, 0.5) is 0 Å². The fraction of sp³-hybridized carbons (Fsp3) is 0.182. The van der Waals surface area contributed by atoms with Crippen molar-refractivity contribution >= 4 is 11.6 Å². The van der Waals surface area contributed by atoms with Crippen LogP contribution >= 0.6 is 11.6 Å². The average molecular weight is 223 g/mol. The van der Waals surface area contributed by atoms with Crippen LogP contribution in [0.3, 0.4) is 0 Å². The predicted octanol–water partition coefficient (Wildman–Crippen LogP) is 2.14. The maximum Gasteiger partial charge on any atom is 0.323 e. The van der Waals surface area contributed by atoms with Crippen molar-refractivity contribution in [1.29, 1.82) is 0 Å². The van der Waals surface area contributed by atoms with Gasteiger partial charge in [-0.25, -0.2) is 4.79 Å². The minimum atomic E-state index is -0.152. The SMILES string of the molecule is O=c1[nH]cc(CCc2ccc(Cl)cc2)[nH]1. The lowest BCUT2D eigenvalue weighted by Crippen LogP contribution is -2.01. The molecule has 1 aromatic heterocycles. The van der Waals surface area contributed by atoms with Crippen molar-refractivity contribution in [3.63, 3.8) is 0 Å². The maximum atomic E-state index is 10.8. The third-order valence-corrected chi connectivity index (χ3v) is 2.50. The Hall–Kier alpha value is -1.48. The number of rotatable bonds is 3. The van der Waals surface area contributed by atoms with Crippen LogP contribution in [0.15, 0.2) is 35.3 Å². The lowest BCUT2D eigenvalue weighted by Gasteiger charge is -1.99. The van der Waals surface area contributed by atoms with E-state index in [1.54, 1.807) is 6.20 Å². The van der Waals surface area contributed by atoms with Crippen molar-refractivity contribution in [3.05, 3.63) is 57.2 Å². The smallest absolute Gasteiger partial charge is 0.313 e. The van der Waals surface area contributed by atoms with E-state index in [0.29, 0.717) is 0 Å². The van der Waals surface area contributed by atoms with Crippen molar-refractivity contribution in [3.8, 4) is 0 Å². The summed E-state index contributed by atoms with van der Waals surface area (Å²) in [6.07, 6.45) is 3.42. The molecule has 3 nitrogen and oxygen atoms in total. The summed E-state index contributed by atoms with van der Waals surface area (Å²) in [5, 5.41) is 0.744. The van der Waals surface area contributed by atoms with Crippen LogP contribution in [0.2, 0.25) is 5.02 Å². The molecule has 2 aromatic rings. The van der Waals surface area contributed by atoms with Gasteiger partial charge in [0.1, 0.15) is 0 Å². The minimum absolute atomic E-state index is 0.152. The summed E-state index contributed by atoms with van der Waals surface area (Å²) in [4.78, 5) is 16.1. The second-order valence-corrected chi connectivity index (χ2v) is 3.83. The zero-order valence-electron chi connectivity index (χ0n) is 8.09. The van der Waals surface area contributed by atoms with Gasteiger partial charge in [-0.05, 0) is 30.5 Å². The molecule has 0 spiro atoms. The summed E-state index contributed by atoms with van der Waals surface area (Å²) in [5.41, 5.74) is 1.98.